The highest BCUT2D eigenvalue weighted by Gasteiger charge is 2.08. The van der Waals surface area contributed by atoms with Gasteiger partial charge in [-0.2, -0.15) is 0 Å². The number of pyridine rings is 1. The number of aromatic nitrogens is 1. The Bertz CT molecular complexity index is 613. The van der Waals surface area contributed by atoms with E-state index in [-0.39, 0.29) is 5.91 Å². The quantitative estimate of drug-likeness (QED) is 0.903. The van der Waals surface area contributed by atoms with Crippen molar-refractivity contribution in [2.75, 3.05) is 17.7 Å². The molecule has 0 saturated carbocycles. The zero-order valence-corrected chi connectivity index (χ0v) is 11.5. The molecule has 98 valence electrons. The number of nitrogens with one attached hydrogen (secondary N) is 2. The smallest absolute Gasteiger partial charge is 0.274 e. The molecule has 0 aliphatic rings. The number of rotatable bonds is 3. The van der Waals surface area contributed by atoms with E-state index in [1.165, 1.54) is 0 Å². The molecule has 0 unspecified atom stereocenters. The second-order valence-corrected chi connectivity index (χ2v) is 4.51. The van der Waals surface area contributed by atoms with E-state index in [2.05, 4.69) is 15.6 Å². The summed E-state index contributed by atoms with van der Waals surface area (Å²) in [6.45, 7) is 1.91. The lowest BCUT2D eigenvalue weighted by Gasteiger charge is -2.07. The SMILES string of the molecule is CNc1ccnc(C(=O)Nc2ccc(C)c(Cl)c2)c1. The molecule has 1 aromatic heterocycles. The number of carbonyl (C=O) groups excluding carboxylic acids is 1. The highest BCUT2D eigenvalue weighted by molar-refractivity contribution is 6.31. The monoisotopic (exact) mass is 275 g/mol. The molecule has 0 aliphatic heterocycles. The predicted molar refractivity (Wildman–Crippen MR) is 77.9 cm³/mol. The zero-order valence-electron chi connectivity index (χ0n) is 10.7. The highest BCUT2D eigenvalue weighted by Crippen LogP contribution is 2.20. The molecule has 4 nitrogen and oxygen atoms in total. The Kier molecular flexibility index (Phi) is 4.02. The molecule has 1 amide bonds. The normalized spacial score (nSPS) is 10.1. The van der Waals surface area contributed by atoms with Crippen LogP contribution in [0.4, 0.5) is 11.4 Å². The fourth-order valence-corrected chi connectivity index (χ4v) is 1.76. The Morgan fingerprint density at radius 3 is 2.68 bits per heavy atom. The molecule has 1 aromatic carbocycles. The fourth-order valence-electron chi connectivity index (χ4n) is 1.58. The molecule has 0 atom stereocenters. The van der Waals surface area contributed by atoms with E-state index in [4.69, 9.17) is 11.6 Å². The molecule has 0 aliphatic carbocycles. The van der Waals surface area contributed by atoms with Gasteiger partial charge < -0.3 is 10.6 Å². The van der Waals surface area contributed by atoms with Crippen LogP contribution in [0.5, 0.6) is 0 Å². The van der Waals surface area contributed by atoms with Crippen LogP contribution in [0.1, 0.15) is 16.1 Å². The first-order chi connectivity index (χ1) is 9.10. The van der Waals surface area contributed by atoms with Crippen molar-refractivity contribution in [1.29, 1.82) is 0 Å². The first kappa shape index (κ1) is 13.4. The Labute approximate surface area is 116 Å². The summed E-state index contributed by atoms with van der Waals surface area (Å²) in [6.07, 6.45) is 1.59. The highest BCUT2D eigenvalue weighted by atomic mass is 35.5. The fraction of sp³-hybridized carbons (Fsp3) is 0.143. The Hall–Kier alpha value is -2.07. The van der Waals surface area contributed by atoms with Crippen LogP contribution in [0.3, 0.4) is 0 Å². The Morgan fingerprint density at radius 1 is 1.21 bits per heavy atom. The number of carbonyl (C=O) groups is 1. The van der Waals surface area contributed by atoms with E-state index in [1.54, 1.807) is 37.5 Å². The number of anilines is 2. The minimum atomic E-state index is -0.267. The second kappa shape index (κ2) is 5.71. The van der Waals surface area contributed by atoms with Crippen LogP contribution in [0.15, 0.2) is 36.5 Å². The summed E-state index contributed by atoms with van der Waals surface area (Å²) in [5.74, 6) is -0.267. The van der Waals surface area contributed by atoms with Crippen LogP contribution in [-0.4, -0.2) is 17.9 Å². The molecule has 0 spiro atoms. The third-order valence-corrected chi connectivity index (χ3v) is 3.12. The van der Waals surface area contributed by atoms with Gasteiger partial charge in [-0.05, 0) is 36.8 Å². The molecule has 2 N–H and O–H groups in total. The lowest BCUT2D eigenvalue weighted by Crippen LogP contribution is -2.13. The van der Waals surface area contributed by atoms with Crippen LogP contribution >= 0.6 is 11.6 Å². The number of amides is 1. The second-order valence-electron chi connectivity index (χ2n) is 4.10. The maximum Gasteiger partial charge on any atom is 0.274 e. The van der Waals surface area contributed by atoms with Crippen LogP contribution in [0.2, 0.25) is 5.02 Å². The van der Waals surface area contributed by atoms with Crippen molar-refractivity contribution in [1.82, 2.24) is 4.98 Å². The van der Waals surface area contributed by atoms with Crippen LogP contribution in [0.25, 0.3) is 0 Å². The summed E-state index contributed by atoms with van der Waals surface area (Å²) in [5.41, 5.74) is 2.80. The van der Waals surface area contributed by atoms with Crippen molar-refractivity contribution in [3.63, 3.8) is 0 Å². The van der Waals surface area contributed by atoms with Gasteiger partial charge in [-0.3, -0.25) is 9.78 Å². The van der Waals surface area contributed by atoms with Crippen molar-refractivity contribution in [2.24, 2.45) is 0 Å². The maximum atomic E-state index is 12.0. The van der Waals surface area contributed by atoms with Gasteiger partial charge in [0, 0.05) is 29.6 Å². The van der Waals surface area contributed by atoms with Gasteiger partial charge >= 0.3 is 0 Å². The van der Waals surface area contributed by atoms with Crippen molar-refractivity contribution in [3.05, 3.63) is 52.8 Å². The largest absolute Gasteiger partial charge is 0.388 e. The van der Waals surface area contributed by atoms with Gasteiger partial charge in [0.15, 0.2) is 0 Å². The summed E-state index contributed by atoms with van der Waals surface area (Å²) < 4.78 is 0. The average Bonchev–Trinajstić information content (AvgIpc) is 2.43. The molecular weight excluding hydrogens is 262 g/mol. The van der Waals surface area contributed by atoms with E-state index < -0.39 is 0 Å². The Morgan fingerprint density at radius 2 is 2.00 bits per heavy atom. The molecule has 1 heterocycles. The molecule has 19 heavy (non-hydrogen) atoms. The van der Waals surface area contributed by atoms with Gasteiger partial charge in [-0.25, -0.2) is 0 Å². The number of nitrogens with zero attached hydrogens (tertiary/aromatic N) is 1. The first-order valence-corrected chi connectivity index (χ1v) is 6.19. The Balaban J connectivity index is 2.18. The van der Waals surface area contributed by atoms with Gasteiger partial charge in [0.2, 0.25) is 0 Å². The molecule has 2 rings (SSSR count). The third kappa shape index (κ3) is 3.23. The molecule has 5 heteroatoms. The van der Waals surface area contributed by atoms with Crippen molar-refractivity contribution in [3.8, 4) is 0 Å². The number of benzene rings is 1. The molecule has 0 saturated heterocycles. The van der Waals surface area contributed by atoms with E-state index in [9.17, 15) is 4.79 Å². The van der Waals surface area contributed by atoms with E-state index in [0.717, 1.165) is 11.3 Å². The van der Waals surface area contributed by atoms with Gasteiger partial charge in [0.1, 0.15) is 5.69 Å². The van der Waals surface area contributed by atoms with Gasteiger partial charge in [-0.15, -0.1) is 0 Å². The lowest BCUT2D eigenvalue weighted by atomic mass is 10.2. The first-order valence-electron chi connectivity index (χ1n) is 5.81. The summed E-state index contributed by atoms with van der Waals surface area (Å²) in [4.78, 5) is 16.1. The van der Waals surface area contributed by atoms with Gasteiger partial charge in [-0.1, -0.05) is 17.7 Å². The molecule has 2 aromatic rings. The number of hydrogen-bond acceptors (Lipinski definition) is 3. The minimum absolute atomic E-state index is 0.267. The summed E-state index contributed by atoms with van der Waals surface area (Å²) in [7, 11) is 1.79. The van der Waals surface area contributed by atoms with Crippen LogP contribution in [-0.2, 0) is 0 Å². The number of halogens is 1. The summed E-state index contributed by atoms with van der Waals surface area (Å²) in [6, 6.07) is 8.86. The average molecular weight is 276 g/mol. The number of aryl methyl sites for hydroxylation is 1. The molecule has 0 bridgehead atoms. The van der Waals surface area contributed by atoms with E-state index >= 15 is 0 Å². The standard InChI is InChI=1S/C14H14ClN3O/c1-9-3-4-11(7-12(9)15)18-14(19)13-8-10(16-2)5-6-17-13/h3-8H,1-2H3,(H,16,17)(H,18,19). The van der Waals surface area contributed by atoms with E-state index in [1.807, 2.05) is 13.0 Å². The third-order valence-electron chi connectivity index (χ3n) is 2.71. The topological polar surface area (TPSA) is 54.0 Å². The lowest BCUT2D eigenvalue weighted by molar-refractivity contribution is 0.102. The van der Waals surface area contributed by atoms with Crippen molar-refractivity contribution in [2.45, 2.75) is 6.92 Å². The molecular formula is C14H14ClN3O. The van der Waals surface area contributed by atoms with Crippen molar-refractivity contribution < 1.29 is 4.79 Å². The minimum Gasteiger partial charge on any atom is -0.388 e. The van der Waals surface area contributed by atoms with E-state index in [0.29, 0.717) is 16.4 Å². The maximum absolute atomic E-state index is 12.0. The molecule has 0 radical (unpaired) electrons. The van der Waals surface area contributed by atoms with Crippen LogP contribution < -0.4 is 10.6 Å². The summed E-state index contributed by atoms with van der Waals surface area (Å²) in [5, 5.41) is 6.35. The van der Waals surface area contributed by atoms with Crippen LogP contribution in [0, 0.1) is 6.92 Å². The molecule has 0 fully saturated rings. The van der Waals surface area contributed by atoms with Gasteiger partial charge in [0.25, 0.3) is 5.91 Å². The predicted octanol–water partition coefficient (Wildman–Crippen LogP) is 3.34. The summed E-state index contributed by atoms with van der Waals surface area (Å²) >= 11 is 6.01. The van der Waals surface area contributed by atoms with Crippen molar-refractivity contribution >= 4 is 28.9 Å². The zero-order chi connectivity index (χ0) is 13.8. The number of hydrogen-bond donors (Lipinski definition) is 2. The van der Waals surface area contributed by atoms with Gasteiger partial charge in [0.05, 0.1) is 0 Å².